The molecule has 1 aromatic heterocycles. The van der Waals surface area contributed by atoms with E-state index in [2.05, 4.69) is 28.3 Å². The van der Waals surface area contributed by atoms with E-state index in [0.29, 0.717) is 0 Å². The van der Waals surface area contributed by atoms with Gasteiger partial charge in [-0.3, -0.25) is 0 Å². The van der Waals surface area contributed by atoms with Crippen molar-refractivity contribution in [1.82, 2.24) is 9.97 Å². The lowest BCUT2D eigenvalue weighted by molar-refractivity contribution is 0.415. The van der Waals surface area contributed by atoms with E-state index >= 15 is 0 Å². The van der Waals surface area contributed by atoms with E-state index in [1.165, 1.54) is 5.56 Å². The smallest absolute Gasteiger partial charge is 0.141 e. The van der Waals surface area contributed by atoms with Crippen LogP contribution in [-0.4, -0.2) is 17.1 Å². The minimum atomic E-state index is 0.790. The molecule has 0 spiro atoms. The molecule has 0 atom stereocenters. The Bertz CT molecular complexity index is 756. The van der Waals surface area contributed by atoms with Gasteiger partial charge in [0.25, 0.3) is 0 Å². The van der Waals surface area contributed by atoms with Gasteiger partial charge in [0.15, 0.2) is 0 Å². The second-order valence-corrected chi connectivity index (χ2v) is 4.55. The molecule has 4 heteroatoms. The zero-order chi connectivity index (χ0) is 13.9. The number of hydrogen-bond acceptors (Lipinski definition) is 4. The first-order chi connectivity index (χ1) is 9.78. The monoisotopic (exact) mass is 265 g/mol. The fourth-order valence-corrected chi connectivity index (χ4v) is 2.10. The van der Waals surface area contributed by atoms with Crippen LogP contribution in [-0.2, 0) is 0 Å². The van der Waals surface area contributed by atoms with Crippen LogP contribution in [0.1, 0.15) is 5.56 Å². The average Bonchev–Trinajstić information content (AvgIpc) is 2.49. The molecule has 0 aliphatic rings. The minimum Gasteiger partial charge on any atom is -0.497 e. The highest BCUT2D eigenvalue weighted by Crippen LogP contribution is 2.27. The average molecular weight is 265 g/mol. The number of anilines is 2. The third kappa shape index (κ3) is 2.28. The van der Waals surface area contributed by atoms with Crippen molar-refractivity contribution >= 4 is 22.4 Å². The third-order valence-corrected chi connectivity index (χ3v) is 3.24. The number of rotatable bonds is 3. The van der Waals surface area contributed by atoms with Crippen molar-refractivity contribution in [2.75, 3.05) is 12.4 Å². The fourth-order valence-electron chi connectivity index (χ4n) is 2.10. The topological polar surface area (TPSA) is 47.0 Å². The fraction of sp³-hybridized carbons (Fsp3) is 0.125. The zero-order valence-electron chi connectivity index (χ0n) is 11.4. The Kier molecular flexibility index (Phi) is 3.21. The predicted molar refractivity (Wildman–Crippen MR) is 80.6 cm³/mol. The van der Waals surface area contributed by atoms with Gasteiger partial charge in [-0.05, 0) is 30.7 Å². The summed E-state index contributed by atoms with van der Waals surface area (Å²) in [6, 6.07) is 13.9. The number of hydrogen-bond donors (Lipinski definition) is 1. The lowest BCUT2D eigenvalue weighted by Crippen LogP contribution is -1.97. The van der Waals surface area contributed by atoms with Crippen LogP contribution in [0, 0.1) is 6.92 Å². The van der Waals surface area contributed by atoms with Crippen molar-refractivity contribution in [3.8, 4) is 5.75 Å². The Morgan fingerprint density at radius 3 is 2.70 bits per heavy atom. The molecule has 0 unspecified atom stereocenters. The van der Waals surface area contributed by atoms with E-state index in [4.69, 9.17) is 4.74 Å². The van der Waals surface area contributed by atoms with Crippen LogP contribution in [0.5, 0.6) is 5.75 Å². The first kappa shape index (κ1) is 12.4. The number of fused-ring (bicyclic) bond motifs is 1. The summed E-state index contributed by atoms with van der Waals surface area (Å²) in [5.74, 6) is 1.59. The molecule has 0 bridgehead atoms. The summed E-state index contributed by atoms with van der Waals surface area (Å²) in [7, 11) is 1.65. The van der Waals surface area contributed by atoms with Gasteiger partial charge < -0.3 is 10.1 Å². The molecule has 1 N–H and O–H groups in total. The van der Waals surface area contributed by atoms with Crippen molar-refractivity contribution < 1.29 is 4.74 Å². The minimum absolute atomic E-state index is 0.790. The zero-order valence-corrected chi connectivity index (χ0v) is 11.4. The van der Waals surface area contributed by atoms with Crippen LogP contribution in [0.2, 0.25) is 0 Å². The second kappa shape index (κ2) is 5.17. The van der Waals surface area contributed by atoms with Gasteiger partial charge in [-0.25, -0.2) is 9.97 Å². The molecule has 0 aliphatic carbocycles. The number of ether oxygens (including phenoxy) is 1. The highest BCUT2D eigenvalue weighted by atomic mass is 16.5. The molecule has 3 rings (SSSR count). The second-order valence-electron chi connectivity index (χ2n) is 4.55. The summed E-state index contributed by atoms with van der Waals surface area (Å²) in [6.07, 6.45) is 1.56. The molecule has 0 saturated heterocycles. The normalized spacial score (nSPS) is 10.5. The summed E-state index contributed by atoms with van der Waals surface area (Å²) in [5.41, 5.74) is 3.08. The molecule has 0 fully saturated rings. The van der Waals surface area contributed by atoms with E-state index < -0.39 is 0 Å². The quantitative estimate of drug-likeness (QED) is 0.784. The molecule has 0 radical (unpaired) electrons. The summed E-state index contributed by atoms with van der Waals surface area (Å²) >= 11 is 0. The van der Waals surface area contributed by atoms with Gasteiger partial charge in [-0.2, -0.15) is 0 Å². The SMILES string of the molecule is COc1ccc2c(Nc3ccccc3C)ncnc2c1. The van der Waals surface area contributed by atoms with Gasteiger partial charge in [-0.15, -0.1) is 0 Å². The highest BCUT2D eigenvalue weighted by molar-refractivity contribution is 5.91. The molecule has 4 nitrogen and oxygen atoms in total. The Labute approximate surface area is 117 Å². The Morgan fingerprint density at radius 2 is 1.90 bits per heavy atom. The van der Waals surface area contributed by atoms with Gasteiger partial charge in [0.05, 0.1) is 12.6 Å². The molecule has 0 saturated carbocycles. The van der Waals surface area contributed by atoms with Gasteiger partial charge in [-0.1, -0.05) is 18.2 Å². The van der Waals surface area contributed by atoms with E-state index in [1.54, 1.807) is 13.4 Å². The van der Waals surface area contributed by atoms with Crippen molar-refractivity contribution in [2.45, 2.75) is 6.92 Å². The Hall–Kier alpha value is -2.62. The van der Waals surface area contributed by atoms with Gasteiger partial charge in [0, 0.05) is 17.1 Å². The lowest BCUT2D eigenvalue weighted by Gasteiger charge is -2.11. The van der Waals surface area contributed by atoms with Crippen molar-refractivity contribution in [1.29, 1.82) is 0 Å². The van der Waals surface area contributed by atoms with Crippen LogP contribution in [0.15, 0.2) is 48.8 Å². The van der Waals surface area contributed by atoms with Crippen LogP contribution >= 0.6 is 0 Å². The van der Waals surface area contributed by atoms with E-state index in [0.717, 1.165) is 28.2 Å². The van der Waals surface area contributed by atoms with Crippen LogP contribution in [0.25, 0.3) is 10.9 Å². The first-order valence-corrected chi connectivity index (χ1v) is 6.39. The van der Waals surface area contributed by atoms with Crippen molar-refractivity contribution in [2.24, 2.45) is 0 Å². The van der Waals surface area contributed by atoms with E-state index in [9.17, 15) is 0 Å². The molecule has 1 heterocycles. The predicted octanol–water partition coefficient (Wildman–Crippen LogP) is 3.69. The van der Waals surface area contributed by atoms with Crippen LogP contribution in [0.4, 0.5) is 11.5 Å². The number of methoxy groups -OCH3 is 1. The maximum atomic E-state index is 5.22. The maximum Gasteiger partial charge on any atom is 0.141 e. The summed E-state index contributed by atoms with van der Waals surface area (Å²) in [5, 5.41) is 4.33. The molecular weight excluding hydrogens is 250 g/mol. The standard InChI is InChI=1S/C16H15N3O/c1-11-5-3-4-6-14(11)19-16-13-8-7-12(20-2)9-15(13)17-10-18-16/h3-10H,1-2H3,(H,17,18,19). The number of nitrogens with zero attached hydrogens (tertiary/aromatic N) is 2. The molecule has 0 aliphatic heterocycles. The van der Waals surface area contributed by atoms with Gasteiger partial charge in [0.1, 0.15) is 17.9 Å². The van der Waals surface area contributed by atoms with Crippen molar-refractivity contribution in [3.63, 3.8) is 0 Å². The van der Waals surface area contributed by atoms with E-state index in [1.807, 2.05) is 36.4 Å². The Balaban J connectivity index is 2.06. The number of nitrogens with one attached hydrogen (secondary N) is 1. The van der Waals surface area contributed by atoms with Gasteiger partial charge >= 0.3 is 0 Å². The maximum absolute atomic E-state index is 5.22. The molecular formula is C16H15N3O. The largest absolute Gasteiger partial charge is 0.497 e. The van der Waals surface area contributed by atoms with Crippen LogP contribution in [0.3, 0.4) is 0 Å². The summed E-state index contributed by atoms with van der Waals surface area (Å²) in [4.78, 5) is 8.62. The van der Waals surface area contributed by atoms with Gasteiger partial charge in [0.2, 0.25) is 0 Å². The number of aromatic nitrogens is 2. The molecule has 100 valence electrons. The molecule has 3 aromatic rings. The third-order valence-electron chi connectivity index (χ3n) is 3.24. The number of benzene rings is 2. The van der Waals surface area contributed by atoms with Crippen LogP contribution < -0.4 is 10.1 Å². The summed E-state index contributed by atoms with van der Waals surface area (Å²) in [6.45, 7) is 2.06. The highest BCUT2D eigenvalue weighted by Gasteiger charge is 2.06. The molecule has 20 heavy (non-hydrogen) atoms. The molecule has 0 amide bonds. The molecule has 2 aromatic carbocycles. The number of para-hydroxylation sites is 1. The Morgan fingerprint density at radius 1 is 1.05 bits per heavy atom. The first-order valence-electron chi connectivity index (χ1n) is 6.39. The van der Waals surface area contributed by atoms with Crippen molar-refractivity contribution in [3.05, 3.63) is 54.4 Å². The number of aryl methyl sites for hydroxylation is 1. The van der Waals surface area contributed by atoms with E-state index in [-0.39, 0.29) is 0 Å². The summed E-state index contributed by atoms with van der Waals surface area (Å²) < 4.78 is 5.22. The lowest BCUT2D eigenvalue weighted by atomic mass is 10.2.